The molecule has 1 unspecified atom stereocenters. The predicted octanol–water partition coefficient (Wildman–Crippen LogP) is 3.23. The Morgan fingerprint density at radius 1 is 1.21 bits per heavy atom. The fraction of sp³-hybridized carbons (Fsp3) is 0.938. The predicted molar refractivity (Wildman–Crippen MR) is 77.0 cm³/mol. The lowest BCUT2D eigenvalue weighted by Crippen LogP contribution is -2.39. The highest BCUT2D eigenvalue weighted by molar-refractivity contribution is 5.77. The molecule has 1 aliphatic heterocycles. The molecule has 19 heavy (non-hydrogen) atoms. The lowest BCUT2D eigenvalue weighted by Gasteiger charge is -2.29. The number of amides is 1. The van der Waals surface area contributed by atoms with Crippen molar-refractivity contribution >= 4 is 5.91 Å². The van der Waals surface area contributed by atoms with Crippen molar-refractivity contribution in [1.82, 2.24) is 4.90 Å². The Kier molecular flexibility index (Phi) is 5.68. The molecule has 1 saturated carbocycles. The van der Waals surface area contributed by atoms with E-state index in [-0.39, 0.29) is 0 Å². The average Bonchev–Trinajstić information content (AvgIpc) is 3.02. The molecule has 1 heterocycles. The Hall–Kier alpha value is -0.570. The van der Waals surface area contributed by atoms with Gasteiger partial charge in [-0.15, -0.1) is 0 Å². The van der Waals surface area contributed by atoms with Crippen molar-refractivity contribution in [2.24, 2.45) is 11.8 Å². The molecule has 2 aliphatic rings. The van der Waals surface area contributed by atoms with Crippen molar-refractivity contribution in [3.8, 4) is 0 Å². The maximum Gasteiger partial charge on any atom is 0.225 e. The van der Waals surface area contributed by atoms with Gasteiger partial charge in [0.05, 0.1) is 13.0 Å². The van der Waals surface area contributed by atoms with E-state index in [2.05, 4.69) is 18.7 Å². The fourth-order valence-corrected chi connectivity index (χ4v) is 3.56. The van der Waals surface area contributed by atoms with Crippen LogP contribution in [0, 0.1) is 11.8 Å². The van der Waals surface area contributed by atoms with E-state index in [4.69, 9.17) is 4.74 Å². The van der Waals surface area contributed by atoms with Gasteiger partial charge in [0.2, 0.25) is 5.91 Å². The zero-order chi connectivity index (χ0) is 13.7. The van der Waals surface area contributed by atoms with Crippen LogP contribution in [0.3, 0.4) is 0 Å². The van der Waals surface area contributed by atoms with Crippen LogP contribution in [-0.2, 0) is 9.53 Å². The topological polar surface area (TPSA) is 29.5 Å². The first kappa shape index (κ1) is 14.8. The summed E-state index contributed by atoms with van der Waals surface area (Å²) in [5, 5.41) is 0. The third kappa shape index (κ3) is 4.20. The van der Waals surface area contributed by atoms with E-state index < -0.39 is 0 Å². The Morgan fingerprint density at radius 2 is 1.95 bits per heavy atom. The number of nitrogens with zero attached hydrogens (tertiary/aromatic N) is 1. The Labute approximate surface area is 117 Å². The quantitative estimate of drug-likeness (QED) is 0.691. The molecule has 1 amide bonds. The minimum atomic E-state index is 0.318. The minimum absolute atomic E-state index is 0.318. The van der Waals surface area contributed by atoms with E-state index in [0.29, 0.717) is 30.9 Å². The van der Waals surface area contributed by atoms with Gasteiger partial charge < -0.3 is 9.64 Å². The van der Waals surface area contributed by atoms with E-state index in [1.165, 1.54) is 38.5 Å². The van der Waals surface area contributed by atoms with Crippen LogP contribution in [0.5, 0.6) is 0 Å². The van der Waals surface area contributed by atoms with Crippen molar-refractivity contribution in [2.75, 3.05) is 19.8 Å². The van der Waals surface area contributed by atoms with Gasteiger partial charge in [0.25, 0.3) is 0 Å². The molecule has 0 bridgehead atoms. The van der Waals surface area contributed by atoms with E-state index in [9.17, 15) is 4.79 Å². The third-order valence-electron chi connectivity index (χ3n) is 4.48. The summed E-state index contributed by atoms with van der Waals surface area (Å²) in [6, 6.07) is 0.542. The first-order valence-corrected chi connectivity index (χ1v) is 8.05. The van der Waals surface area contributed by atoms with Gasteiger partial charge in [0.15, 0.2) is 0 Å². The molecule has 0 radical (unpaired) electrons. The van der Waals surface area contributed by atoms with Gasteiger partial charge in [-0.1, -0.05) is 26.7 Å². The second-order valence-corrected chi connectivity index (χ2v) is 6.56. The van der Waals surface area contributed by atoms with Crippen LogP contribution in [0.4, 0.5) is 0 Å². The number of carbonyl (C=O) groups excluding carboxylic acids is 1. The van der Waals surface area contributed by atoms with Crippen LogP contribution >= 0.6 is 0 Å². The van der Waals surface area contributed by atoms with Gasteiger partial charge in [-0.3, -0.25) is 4.79 Å². The van der Waals surface area contributed by atoms with Crippen LogP contribution in [0.15, 0.2) is 0 Å². The van der Waals surface area contributed by atoms with Gasteiger partial charge in [0.1, 0.15) is 0 Å². The van der Waals surface area contributed by atoms with E-state index in [1.54, 1.807) is 0 Å². The number of hydrogen-bond acceptors (Lipinski definition) is 2. The minimum Gasteiger partial charge on any atom is -0.381 e. The van der Waals surface area contributed by atoms with Gasteiger partial charge in [0, 0.05) is 19.2 Å². The zero-order valence-corrected chi connectivity index (χ0v) is 12.6. The smallest absolute Gasteiger partial charge is 0.225 e. The molecule has 1 saturated heterocycles. The molecule has 0 spiro atoms. The number of hydrogen-bond donors (Lipinski definition) is 0. The summed E-state index contributed by atoms with van der Waals surface area (Å²) in [5.74, 6) is 1.65. The van der Waals surface area contributed by atoms with Crippen molar-refractivity contribution in [3.05, 3.63) is 0 Å². The second kappa shape index (κ2) is 7.28. The lowest BCUT2D eigenvalue weighted by molar-refractivity contribution is -0.134. The number of rotatable bonds is 6. The Morgan fingerprint density at radius 3 is 2.63 bits per heavy atom. The standard InChI is InChI=1S/C16H29NO2/c1-13(2)12-19-11-9-16(18)17-10-5-8-15(17)14-6-3-4-7-14/h13-15H,3-12H2,1-2H3. The summed E-state index contributed by atoms with van der Waals surface area (Å²) in [6.07, 6.45) is 8.37. The van der Waals surface area contributed by atoms with Crippen molar-refractivity contribution in [3.63, 3.8) is 0 Å². The molecule has 0 aromatic heterocycles. The first-order chi connectivity index (χ1) is 9.18. The summed E-state index contributed by atoms with van der Waals surface area (Å²) < 4.78 is 5.54. The number of carbonyl (C=O) groups is 1. The van der Waals surface area contributed by atoms with Crippen LogP contribution in [0.25, 0.3) is 0 Å². The largest absolute Gasteiger partial charge is 0.381 e. The summed E-state index contributed by atoms with van der Waals surface area (Å²) in [7, 11) is 0. The lowest BCUT2D eigenvalue weighted by atomic mass is 9.96. The molecule has 2 fully saturated rings. The number of ether oxygens (including phenoxy) is 1. The van der Waals surface area contributed by atoms with Crippen molar-refractivity contribution < 1.29 is 9.53 Å². The molecule has 1 aliphatic carbocycles. The van der Waals surface area contributed by atoms with E-state index >= 15 is 0 Å². The highest BCUT2D eigenvalue weighted by Gasteiger charge is 2.35. The molecule has 0 N–H and O–H groups in total. The molecule has 1 atom stereocenters. The van der Waals surface area contributed by atoms with Gasteiger partial charge >= 0.3 is 0 Å². The molecular weight excluding hydrogens is 238 g/mol. The van der Waals surface area contributed by atoms with Crippen LogP contribution in [-0.4, -0.2) is 36.6 Å². The highest BCUT2D eigenvalue weighted by atomic mass is 16.5. The van der Waals surface area contributed by atoms with Crippen molar-refractivity contribution in [1.29, 1.82) is 0 Å². The van der Waals surface area contributed by atoms with Crippen LogP contribution in [0.2, 0.25) is 0 Å². The molecule has 110 valence electrons. The zero-order valence-electron chi connectivity index (χ0n) is 12.6. The highest BCUT2D eigenvalue weighted by Crippen LogP contribution is 2.35. The van der Waals surface area contributed by atoms with Crippen molar-refractivity contribution in [2.45, 2.75) is 64.8 Å². The first-order valence-electron chi connectivity index (χ1n) is 8.05. The maximum absolute atomic E-state index is 12.3. The van der Waals surface area contributed by atoms with Crippen LogP contribution in [0.1, 0.15) is 58.8 Å². The van der Waals surface area contributed by atoms with E-state index in [0.717, 1.165) is 19.1 Å². The van der Waals surface area contributed by atoms with Crippen LogP contribution < -0.4 is 0 Å². The monoisotopic (exact) mass is 267 g/mol. The summed E-state index contributed by atoms with van der Waals surface area (Å²) in [4.78, 5) is 14.5. The second-order valence-electron chi connectivity index (χ2n) is 6.56. The molecular formula is C16H29NO2. The van der Waals surface area contributed by atoms with E-state index in [1.807, 2.05) is 0 Å². The fourth-order valence-electron chi connectivity index (χ4n) is 3.56. The molecule has 0 aromatic rings. The summed E-state index contributed by atoms with van der Waals surface area (Å²) in [6.45, 7) is 6.60. The van der Waals surface area contributed by atoms with Gasteiger partial charge in [-0.25, -0.2) is 0 Å². The normalized spacial score (nSPS) is 24.6. The molecule has 3 nitrogen and oxygen atoms in total. The third-order valence-corrected chi connectivity index (χ3v) is 4.48. The summed E-state index contributed by atoms with van der Waals surface area (Å²) >= 11 is 0. The maximum atomic E-state index is 12.3. The SMILES string of the molecule is CC(C)COCCC(=O)N1CCCC1C1CCCC1. The molecule has 3 heteroatoms. The average molecular weight is 267 g/mol. The Bertz CT molecular complexity index is 284. The number of likely N-dealkylation sites (tertiary alicyclic amines) is 1. The molecule has 2 rings (SSSR count). The summed E-state index contributed by atoms with van der Waals surface area (Å²) in [5.41, 5.74) is 0. The van der Waals surface area contributed by atoms with Gasteiger partial charge in [-0.05, 0) is 37.5 Å². The molecule has 0 aromatic carbocycles. The Balaban J connectivity index is 1.74. The van der Waals surface area contributed by atoms with Gasteiger partial charge in [-0.2, -0.15) is 0 Å².